The Balaban J connectivity index is 1.74. The zero-order valence-electron chi connectivity index (χ0n) is 15.5. The minimum Gasteiger partial charge on any atom is -0.0622 e. The van der Waals surface area contributed by atoms with Gasteiger partial charge in [-0.25, -0.2) is 0 Å². The van der Waals surface area contributed by atoms with Crippen LogP contribution in [0.2, 0.25) is 0 Å². The van der Waals surface area contributed by atoms with Crippen LogP contribution in [0.4, 0.5) is 0 Å². The summed E-state index contributed by atoms with van der Waals surface area (Å²) in [6, 6.07) is 38.8. The van der Waals surface area contributed by atoms with Gasteiger partial charge in [-0.3, -0.25) is 0 Å². The molecule has 0 bridgehead atoms. The highest BCUT2D eigenvalue weighted by atomic mass is 14.1. The average Bonchev–Trinajstić information content (AvgIpc) is 2.78. The lowest BCUT2D eigenvalue weighted by Gasteiger charge is -2.13. The Morgan fingerprint density at radius 3 is 1.93 bits per heavy atom. The molecule has 0 heterocycles. The van der Waals surface area contributed by atoms with E-state index >= 15 is 0 Å². The van der Waals surface area contributed by atoms with Crippen LogP contribution in [-0.2, 0) is 0 Å². The van der Waals surface area contributed by atoms with Gasteiger partial charge in [-0.05, 0) is 49.9 Å². The second kappa shape index (κ2) is 7.17. The average molecular weight is 356 g/mol. The van der Waals surface area contributed by atoms with E-state index in [-0.39, 0.29) is 0 Å². The van der Waals surface area contributed by atoms with Gasteiger partial charge in [0.05, 0.1) is 0 Å². The van der Waals surface area contributed by atoms with Crippen molar-refractivity contribution in [1.29, 1.82) is 0 Å². The molecule has 0 spiro atoms. The largest absolute Gasteiger partial charge is 0.0622 e. The van der Waals surface area contributed by atoms with Crippen molar-refractivity contribution in [3.8, 4) is 11.1 Å². The summed E-state index contributed by atoms with van der Waals surface area (Å²) in [6.07, 6.45) is 4.40. The van der Waals surface area contributed by atoms with E-state index in [1.165, 1.54) is 43.8 Å². The molecule has 0 heteroatoms. The van der Waals surface area contributed by atoms with Crippen molar-refractivity contribution in [2.75, 3.05) is 0 Å². The summed E-state index contributed by atoms with van der Waals surface area (Å²) < 4.78 is 0. The molecule has 0 amide bonds. The maximum absolute atomic E-state index is 2.33. The Morgan fingerprint density at radius 1 is 0.429 bits per heavy atom. The summed E-state index contributed by atoms with van der Waals surface area (Å²) in [6.45, 7) is 0. The fourth-order valence-corrected chi connectivity index (χ4v) is 3.91. The molecule has 0 unspecified atom stereocenters. The molecule has 0 fully saturated rings. The molecule has 0 aliphatic heterocycles. The fourth-order valence-electron chi connectivity index (χ4n) is 3.91. The first-order valence-corrected chi connectivity index (χ1v) is 9.63. The zero-order valence-corrected chi connectivity index (χ0v) is 15.5. The molecule has 0 atom stereocenters. The Hall–Kier alpha value is -3.64. The van der Waals surface area contributed by atoms with E-state index in [1.54, 1.807) is 0 Å². The Morgan fingerprint density at radius 2 is 1.07 bits per heavy atom. The third kappa shape index (κ3) is 3.00. The molecule has 5 aromatic rings. The van der Waals surface area contributed by atoms with Crippen LogP contribution in [0, 0.1) is 0 Å². The lowest BCUT2D eigenvalue weighted by atomic mass is 9.91. The van der Waals surface area contributed by atoms with Crippen molar-refractivity contribution in [3.05, 3.63) is 120 Å². The second-order valence-electron chi connectivity index (χ2n) is 7.02. The molecular formula is C28H20. The van der Waals surface area contributed by atoms with Crippen molar-refractivity contribution in [2.24, 2.45) is 0 Å². The highest BCUT2D eigenvalue weighted by molar-refractivity contribution is 6.14. The van der Waals surface area contributed by atoms with Crippen LogP contribution < -0.4 is 0 Å². The van der Waals surface area contributed by atoms with Crippen LogP contribution >= 0.6 is 0 Å². The number of hydrogen-bond acceptors (Lipinski definition) is 0. The molecule has 0 N–H and O–H groups in total. The Bertz CT molecular complexity index is 1290. The van der Waals surface area contributed by atoms with Crippen molar-refractivity contribution < 1.29 is 0 Å². The highest BCUT2D eigenvalue weighted by Gasteiger charge is 2.10. The Kier molecular flexibility index (Phi) is 4.23. The van der Waals surface area contributed by atoms with Gasteiger partial charge in [-0.1, -0.05) is 115 Å². The number of benzene rings is 5. The third-order valence-corrected chi connectivity index (χ3v) is 5.27. The lowest BCUT2D eigenvalue weighted by Crippen LogP contribution is -1.87. The number of rotatable bonds is 3. The Labute approximate surface area is 165 Å². The molecular weight excluding hydrogens is 336 g/mol. The van der Waals surface area contributed by atoms with E-state index in [2.05, 4.69) is 115 Å². The summed E-state index contributed by atoms with van der Waals surface area (Å²) in [4.78, 5) is 0. The van der Waals surface area contributed by atoms with E-state index < -0.39 is 0 Å². The quantitative estimate of drug-likeness (QED) is 0.228. The predicted octanol–water partition coefficient (Wildman–Crippen LogP) is 7.83. The van der Waals surface area contributed by atoms with Gasteiger partial charge in [0.25, 0.3) is 0 Å². The minimum absolute atomic E-state index is 1.21. The van der Waals surface area contributed by atoms with Crippen LogP contribution in [0.3, 0.4) is 0 Å². The van der Waals surface area contributed by atoms with E-state index in [0.29, 0.717) is 0 Å². The van der Waals surface area contributed by atoms with E-state index in [4.69, 9.17) is 0 Å². The summed E-state index contributed by atoms with van der Waals surface area (Å²) in [5, 5.41) is 5.18. The maximum atomic E-state index is 2.33. The van der Waals surface area contributed by atoms with Crippen molar-refractivity contribution >= 4 is 33.7 Å². The van der Waals surface area contributed by atoms with Crippen LogP contribution in [0.15, 0.2) is 109 Å². The topological polar surface area (TPSA) is 0 Å². The second-order valence-corrected chi connectivity index (χ2v) is 7.02. The summed E-state index contributed by atoms with van der Waals surface area (Å²) in [7, 11) is 0. The van der Waals surface area contributed by atoms with Crippen LogP contribution in [0.25, 0.3) is 44.8 Å². The first kappa shape index (κ1) is 16.5. The molecule has 132 valence electrons. The standard InChI is InChI=1S/C28H20/c1-2-10-21(11-3-1)18-19-22-12-4-6-14-24(22)28-20-23-13-5-7-15-25(23)26-16-8-9-17-27(26)28/h1-20H. The minimum atomic E-state index is 1.21. The number of hydrogen-bond donors (Lipinski definition) is 0. The van der Waals surface area contributed by atoms with Crippen LogP contribution in [-0.4, -0.2) is 0 Å². The van der Waals surface area contributed by atoms with Crippen molar-refractivity contribution in [3.63, 3.8) is 0 Å². The first-order chi connectivity index (χ1) is 13.9. The molecule has 5 aromatic carbocycles. The van der Waals surface area contributed by atoms with Crippen molar-refractivity contribution in [2.45, 2.75) is 0 Å². The van der Waals surface area contributed by atoms with E-state index in [9.17, 15) is 0 Å². The molecule has 5 rings (SSSR count). The van der Waals surface area contributed by atoms with Gasteiger partial charge in [-0.15, -0.1) is 0 Å². The molecule has 0 saturated heterocycles. The summed E-state index contributed by atoms with van der Waals surface area (Å²) in [5.41, 5.74) is 4.98. The van der Waals surface area contributed by atoms with Gasteiger partial charge in [-0.2, -0.15) is 0 Å². The third-order valence-electron chi connectivity index (χ3n) is 5.27. The molecule has 0 aliphatic carbocycles. The summed E-state index contributed by atoms with van der Waals surface area (Å²) in [5.74, 6) is 0. The summed E-state index contributed by atoms with van der Waals surface area (Å²) >= 11 is 0. The molecule has 0 aromatic heterocycles. The maximum Gasteiger partial charge on any atom is -0.00930 e. The van der Waals surface area contributed by atoms with Gasteiger partial charge in [0.1, 0.15) is 0 Å². The molecule has 0 radical (unpaired) electrons. The molecule has 0 nitrogen and oxygen atoms in total. The number of fused-ring (bicyclic) bond motifs is 3. The SMILES string of the molecule is C(=Cc1ccccc1-c1cc2ccccc2c2ccccc12)c1ccccc1. The normalized spacial score (nSPS) is 11.4. The van der Waals surface area contributed by atoms with Gasteiger partial charge < -0.3 is 0 Å². The first-order valence-electron chi connectivity index (χ1n) is 9.63. The lowest BCUT2D eigenvalue weighted by molar-refractivity contribution is 1.62. The smallest absolute Gasteiger partial charge is 0.00930 e. The van der Waals surface area contributed by atoms with Crippen LogP contribution in [0.1, 0.15) is 11.1 Å². The van der Waals surface area contributed by atoms with Gasteiger partial charge >= 0.3 is 0 Å². The molecule has 0 aliphatic rings. The zero-order chi connectivity index (χ0) is 18.8. The van der Waals surface area contributed by atoms with Gasteiger partial charge in [0, 0.05) is 0 Å². The van der Waals surface area contributed by atoms with Gasteiger partial charge in [0.2, 0.25) is 0 Å². The van der Waals surface area contributed by atoms with E-state index in [0.717, 1.165) is 0 Å². The highest BCUT2D eigenvalue weighted by Crippen LogP contribution is 2.36. The van der Waals surface area contributed by atoms with E-state index in [1.807, 2.05) is 6.07 Å². The molecule has 0 saturated carbocycles. The van der Waals surface area contributed by atoms with Crippen molar-refractivity contribution in [1.82, 2.24) is 0 Å². The van der Waals surface area contributed by atoms with Gasteiger partial charge in [0.15, 0.2) is 0 Å². The predicted molar refractivity (Wildman–Crippen MR) is 122 cm³/mol. The monoisotopic (exact) mass is 356 g/mol. The van der Waals surface area contributed by atoms with Crippen LogP contribution in [0.5, 0.6) is 0 Å². The molecule has 28 heavy (non-hydrogen) atoms. The fraction of sp³-hybridized carbons (Fsp3) is 0.